The van der Waals surface area contributed by atoms with Crippen molar-refractivity contribution >= 4 is 15.7 Å². The fourth-order valence-corrected chi connectivity index (χ4v) is 6.03. The fourth-order valence-electron chi connectivity index (χ4n) is 4.90. The Balaban J connectivity index is 1.57. The van der Waals surface area contributed by atoms with Gasteiger partial charge in [0.25, 0.3) is 5.56 Å². The van der Waals surface area contributed by atoms with E-state index >= 15 is 0 Å². The van der Waals surface area contributed by atoms with Crippen LogP contribution in [-0.4, -0.2) is 56.0 Å². The number of hydrogen-bond acceptors (Lipinski definition) is 5. The third-order valence-electron chi connectivity index (χ3n) is 6.08. The van der Waals surface area contributed by atoms with Crippen LogP contribution in [0.1, 0.15) is 44.2 Å². The Morgan fingerprint density at radius 1 is 1.19 bits per heavy atom. The van der Waals surface area contributed by atoms with Crippen molar-refractivity contribution in [2.45, 2.75) is 51.1 Å². The van der Waals surface area contributed by atoms with Gasteiger partial charge in [-0.15, -0.1) is 0 Å². The van der Waals surface area contributed by atoms with E-state index in [0.717, 1.165) is 51.3 Å². The summed E-state index contributed by atoms with van der Waals surface area (Å²) in [6.45, 7) is 6.15. The van der Waals surface area contributed by atoms with Crippen molar-refractivity contribution < 1.29 is 13.2 Å². The Hall–Kier alpha value is -1.38. The highest BCUT2D eigenvalue weighted by molar-refractivity contribution is 7.92. The quantitative estimate of drug-likeness (QED) is 0.819. The molecule has 2 atom stereocenters. The Labute approximate surface area is 160 Å². The molecule has 0 amide bonds. The molecule has 2 bridgehead atoms. The Morgan fingerprint density at radius 2 is 1.96 bits per heavy atom. The number of likely N-dealkylation sites (tertiary alicyclic amines) is 1. The van der Waals surface area contributed by atoms with Crippen LogP contribution in [0, 0.1) is 5.92 Å². The molecule has 0 aliphatic carbocycles. The maximum Gasteiger partial charge on any atom is 0.275 e. The van der Waals surface area contributed by atoms with Gasteiger partial charge in [-0.3, -0.25) is 14.4 Å². The Bertz CT molecular complexity index is 845. The molecule has 1 N–H and O–H groups in total. The minimum Gasteiger partial charge on any atom is -0.381 e. The lowest BCUT2D eigenvalue weighted by atomic mass is 9.82. The molecule has 0 aromatic carbocycles. The van der Waals surface area contributed by atoms with Crippen molar-refractivity contribution in [3.8, 4) is 0 Å². The van der Waals surface area contributed by atoms with Gasteiger partial charge in [0.15, 0.2) is 0 Å². The van der Waals surface area contributed by atoms with Crippen molar-refractivity contribution in [1.29, 1.82) is 0 Å². The van der Waals surface area contributed by atoms with E-state index in [2.05, 4.69) is 9.62 Å². The molecule has 8 heteroatoms. The van der Waals surface area contributed by atoms with Crippen molar-refractivity contribution in [2.75, 3.05) is 36.8 Å². The molecule has 4 heterocycles. The number of fused-ring (bicyclic) bond motifs is 4. The van der Waals surface area contributed by atoms with E-state index in [1.165, 1.54) is 0 Å². The molecule has 3 aliphatic heterocycles. The number of pyridine rings is 1. The highest BCUT2D eigenvalue weighted by atomic mass is 32.2. The predicted molar refractivity (Wildman–Crippen MR) is 105 cm³/mol. The van der Waals surface area contributed by atoms with Gasteiger partial charge in [-0.25, -0.2) is 8.42 Å². The van der Waals surface area contributed by atoms with E-state index < -0.39 is 10.0 Å². The summed E-state index contributed by atoms with van der Waals surface area (Å²) in [7, 11) is -3.46. The van der Waals surface area contributed by atoms with Crippen molar-refractivity contribution in [2.24, 2.45) is 5.92 Å². The number of piperidine rings is 1. The van der Waals surface area contributed by atoms with E-state index in [-0.39, 0.29) is 17.0 Å². The van der Waals surface area contributed by atoms with E-state index in [4.69, 9.17) is 4.74 Å². The third kappa shape index (κ3) is 3.93. The Kier molecular flexibility index (Phi) is 5.31. The highest BCUT2D eigenvalue weighted by Gasteiger charge is 2.37. The Morgan fingerprint density at radius 3 is 2.70 bits per heavy atom. The van der Waals surface area contributed by atoms with E-state index in [1.807, 2.05) is 17.6 Å². The molecule has 150 valence electrons. The summed E-state index contributed by atoms with van der Waals surface area (Å²) in [5.74, 6) is 0.813. The summed E-state index contributed by atoms with van der Waals surface area (Å²) in [6.07, 6.45) is 3.81. The van der Waals surface area contributed by atoms with Crippen LogP contribution in [-0.2, 0) is 21.3 Å². The highest BCUT2D eigenvalue weighted by Crippen LogP contribution is 2.37. The van der Waals surface area contributed by atoms with Crippen LogP contribution in [0.5, 0.6) is 0 Å². The van der Waals surface area contributed by atoms with Gasteiger partial charge < -0.3 is 9.30 Å². The average molecular weight is 396 g/mol. The summed E-state index contributed by atoms with van der Waals surface area (Å²) in [5, 5.41) is 0. The molecule has 4 rings (SSSR count). The van der Waals surface area contributed by atoms with Gasteiger partial charge in [-0.05, 0) is 43.7 Å². The number of ether oxygens (including phenoxy) is 1. The maximum atomic E-state index is 12.9. The maximum absolute atomic E-state index is 12.9. The van der Waals surface area contributed by atoms with E-state index in [1.54, 1.807) is 6.07 Å². The first-order chi connectivity index (χ1) is 13.0. The summed E-state index contributed by atoms with van der Waals surface area (Å²) < 4.78 is 33.9. The topological polar surface area (TPSA) is 80.6 Å². The monoisotopic (exact) mass is 395 g/mol. The van der Waals surface area contributed by atoms with Gasteiger partial charge in [-0.2, -0.15) is 0 Å². The second-order valence-electron chi connectivity index (χ2n) is 8.10. The largest absolute Gasteiger partial charge is 0.381 e. The standard InChI is InChI=1S/C19H29N3O4S/c1-2-9-27(24,25)20-17-3-4-18-15-10-14(12-22(18)19(17)23)11-21(13-15)16-5-7-26-8-6-16/h3-4,14-16,20H,2,5-13H2,1H3/t14-,15+/m0/s1. The SMILES string of the molecule is CCCS(=O)(=O)Nc1ccc2n(c1=O)C[C@H]1C[C@@H]2CN(C2CCOCC2)C1. The number of hydrogen-bond donors (Lipinski definition) is 1. The second-order valence-corrected chi connectivity index (χ2v) is 9.95. The molecular formula is C19H29N3O4S. The zero-order chi connectivity index (χ0) is 19.0. The normalized spacial score (nSPS) is 26.6. The predicted octanol–water partition coefficient (Wildman–Crippen LogP) is 1.60. The third-order valence-corrected chi connectivity index (χ3v) is 7.55. The van der Waals surface area contributed by atoms with Crippen LogP contribution in [0.2, 0.25) is 0 Å². The lowest BCUT2D eigenvalue weighted by Gasteiger charge is -2.46. The van der Waals surface area contributed by atoms with Gasteiger partial charge in [0.2, 0.25) is 10.0 Å². The molecule has 0 unspecified atom stereocenters. The minimum absolute atomic E-state index is 0.0273. The second kappa shape index (κ2) is 7.56. The van der Waals surface area contributed by atoms with Gasteiger partial charge in [0, 0.05) is 50.5 Å². The van der Waals surface area contributed by atoms with Crippen LogP contribution < -0.4 is 10.3 Å². The van der Waals surface area contributed by atoms with Crippen LogP contribution >= 0.6 is 0 Å². The minimum atomic E-state index is -3.46. The molecule has 2 saturated heterocycles. The molecule has 1 aromatic heterocycles. The van der Waals surface area contributed by atoms with E-state index in [0.29, 0.717) is 30.8 Å². The summed E-state index contributed by atoms with van der Waals surface area (Å²) in [4.78, 5) is 15.5. The van der Waals surface area contributed by atoms with Gasteiger partial charge in [-0.1, -0.05) is 6.92 Å². The number of sulfonamides is 1. The lowest BCUT2D eigenvalue weighted by molar-refractivity contribution is 0.00589. The molecule has 0 spiro atoms. The number of rotatable bonds is 5. The van der Waals surface area contributed by atoms with Crippen molar-refractivity contribution in [1.82, 2.24) is 9.47 Å². The smallest absolute Gasteiger partial charge is 0.275 e. The molecule has 1 aromatic rings. The number of anilines is 1. The number of nitrogens with one attached hydrogen (secondary N) is 1. The van der Waals surface area contributed by atoms with Gasteiger partial charge in [0.05, 0.1) is 5.75 Å². The molecule has 3 aliphatic rings. The number of aromatic nitrogens is 1. The molecule has 0 radical (unpaired) electrons. The molecule has 27 heavy (non-hydrogen) atoms. The van der Waals surface area contributed by atoms with Crippen LogP contribution in [0.25, 0.3) is 0 Å². The van der Waals surface area contributed by atoms with Crippen molar-refractivity contribution in [3.05, 3.63) is 28.2 Å². The fraction of sp³-hybridized carbons (Fsp3) is 0.737. The zero-order valence-corrected chi connectivity index (χ0v) is 16.7. The van der Waals surface area contributed by atoms with Crippen LogP contribution in [0.15, 0.2) is 16.9 Å². The molecule has 0 saturated carbocycles. The van der Waals surface area contributed by atoms with Crippen molar-refractivity contribution in [3.63, 3.8) is 0 Å². The van der Waals surface area contributed by atoms with Crippen LogP contribution in [0.4, 0.5) is 5.69 Å². The average Bonchev–Trinajstić information content (AvgIpc) is 2.65. The van der Waals surface area contributed by atoms with Crippen LogP contribution in [0.3, 0.4) is 0 Å². The molecule has 2 fully saturated rings. The first-order valence-electron chi connectivity index (χ1n) is 10.0. The first-order valence-corrected chi connectivity index (χ1v) is 11.7. The number of nitrogens with zero attached hydrogens (tertiary/aromatic N) is 2. The summed E-state index contributed by atoms with van der Waals surface area (Å²) in [5.41, 5.74) is 1.02. The van der Waals surface area contributed by atoms with E-state index in [9.17, 15) is 13.2 Å². The van der Waals surface area contributed by atoms with Gasteiger partial charge in [0.1, 0.15) is 5.69 Å². The first kappa shape index (κ1) is 19.0. The van der Waals surface area contributed by atoms with Gasteiger partial charge >= 0.3 is 0 Å². The zero-order valence-electron chi connectivity index (χ0n) is 15.9. The molecular weight excluding hydrogens is 366 g/mol. The summed E-state index contributed by atoms with van der Waals surface area (Å²) >= 11 is 0. The molecule has 7 nitrogen and oxygen atoms in total. The summed E-state index contributed by atoms with van der Waals surface area (Å²) in [6, 6.07) is 4.18. The lowest BCUT2D eigenvalue weighted by Crippen LogP contribution is -2.51.